The van der Waals surface area contributed by atoms with E-state index in [0.717, 1.165) is 16.1 Å². The van der Waals surface area contributed by atoms with E-state index in [9.17, 15) is 9.50 Å². The van der Waals surface area contributed by atoms with E-state index >= 15 is 0 Å². The maximum atomic E-state index is 13.9. The number of aryl methyl sites for hydroxylation is 1. The molecule has 1 unspecified atom stereocenters. The minimum absolute atomic E-state index is 0.273. The lowest BCUT2D eigenvalue weighted by atomic mass is 10.1. The summed E-state index contributed by atoms with van der Waals surface area (Å²) in [5.41, 5.74) is 2.04. The molecule has 0 spiro atoms. The average molecular weight is 299 g/mol. The monoisotopic (exact) mass is 299 g/mol. The molecule has 1 atom stereocenters. The molecule has 2 nitrogen and oxygen atoms in total. The largest absolute Gasteiger partial charge is 0.381 e. The lowest BCUT2D eigenvalue weighted by Crippen LogP contribution is -1.98. The quantitative estimate of drug-likeness (QED) is 0.780. The first-order valence-electron chi connectivity index (χ1n) is 6.62. The van der Waals surface area contributed by atoms with Crippen molar-refractivity contribution in [3.8, 4) is 10.4 Å². The Labute approximate surface area is 126 Å². The summed E-state index contributed by atoms with van der Waals surface area (Å²) in [6.45, 7) is 1.83. The van der Waals surface area contributed by atoms with Crippen LogP contribution in [-0.4, -0.2) is 10.1 Å². The molecule has 0 aliphatic heterocycles. The van der Waals surface area contributed by atoms with E-state index in [4.69, 9.17) is 0 Å². The third-order valence-corrected chi connectivity index (χ3v) is 4.52. The van der Waals surface area contributed by atoms with E-state index in [-0.39, 0.29) is 5.82 Å². The van der Waals surface area contributed by atoms with Crippen molar-refractivity contribution in [1.82, 2.24) is 4.98 Å². The highest BCUT2D eigenvalue weighted by atomic mass is 32.1. The zero-order valence-corrected chi connectivity index (χ0v) is 12.3. The Morgan fingerprint density at radius 1 is 1.05 bits per heavy atom. The fourth-order valence-electron chi connectivity index (χ4n) is 2.21. The SMILES string of the molecule is Cc1nc(C(O)c2ccccc2)sc1-c1ccccc1F. The molecule has 3 rings (SSSR count). The summed E-state index contributed by atoms with van der Waals surface area (Å²) in [6.07, 6.45) is -0.782. The lowest BCUT2D eigenvalue weighted by molar-refractivity contribution is 0.219. The molecule has 0 bridgehead atoms. The topological polar surface area (TPSA) is 33.1 Å². The maximum Gasteiger partial charge on any atom is 0.131 e. The van der Waals surface area contributed by atoms with Crippen molar-refractivity contribution in [1.29, 1.82) is 0 Å². The molecule has 21 heavy (non-hydrogen) atoms. The van der Waals surface area contributed by atoms with Gasteiger partial charge in [0.2, 0.25) is 0 Å². The first-order chi connectivity index (χ1) is 10.2. The van der Waals surface area contributed by atoms with E-state index in [1.807, 2.05) is 37.3 Å². The highest BCUT2D eigenvalue weighted by Gasteiger charge is 2.19. The van der Waals surface area contributed by atoms with Crippen molar-refractivity contribution in [2.45, 2.75) is 13.0 Å². The number of aliphatic hydroxyl groups excluding tert-OH is 1. The Balaban J connectivity index is 2.01. The number of aromatic nitrogens is 1. The molecule has 1 N–H and O–H groups in total. The van der Waals surface area contributed by atoms with Gasteiger partial charge < -0.3 is 5.11 Å². The van der Waals surface area contributed by atoms with Gasteiger partial charge in [-0.25, -0.2) is 9.37 Å². The first-order valence-corrected chi connectivity index (χ1v) is 7.43. The Morgan fingerprint density at radius 2 is 1.71 bits per heavy atom. The molecular weight excluding hydrogens is 285 g/mol. The van der Waals surface area contributed by atoms with Crippen molar-refractivity contribution < 1.29 is 9.50 Å². The fraction of sp³-hybridized carbons (Fsp3) is 0.118. The number of benzene rings is 2. The summed E-state index contributed by atoms with van der Waals surface area (Å²) < 4.78 is 13.9. The zero-order chi connectivity index (χ0) is 14.8. The predicted molar refractivity (Wildman–Crippen MR) is 82.7 cm³/mol. The van der Waals surface area contributed by atoms with Crippen LogP contribution in [-0.2, 0) is 0 Å². The van der Waals surface area contributed by atoms with Crippen molar-refractivity contribution in [3.05, 3.63) is 76.7 Å². The van der Waals surface area contributed by atoms with E-state index in [2.05, 4.69) is 4.98 Å². The molecule has 1 heterocycles. The summed E-state index contributed by atoms with van der Waals surface area (Å²) in [5, 5.41) is 11.0. The molecule has 106 valence electrons. The maximum absolute atomic E-state index is 13.9. The molecule has 2 aromatic carbocycles. The number of aliphatic hydroxyl groups is 1. The van der Waals surface area contributed by atoms with Crippen LogP contribution < -0.4 is 0 Å². The van der Waals surface area contributed by atoms with Crippen molar-refractivity contribution in [2.75, 3.05) is 0 Å². The molecule has 0 amide bonds. The number of halogens is 1. The Kier molecular flexibility index (Phi) is 3.82. The molecule has 0 aliphatic carbocycles. The van der Waals surface area contributed by atoms with Gasteiger partial charge >= 0.3 is 0 Å². The van der Waals surface area contributed by atoms with E-state index in [1.165, 1.54) is 17.4 Å². The Hall–Kier alpha value is -2.04. The van der Waals surface area contributed by atoms with Crippen LogP contribution in [0.5, 0.6) is 0 Å². The van der Waals surface area contributed by atoms with Crippen molar-refractivity contribution in [3.63, 3.8) is 0 Å². The second kappa shape index (κ2) is 5.76. The van der Waals surface area contributed by atoms with Crippen LogP contribution in [0.2, 0.25) is 0 Å². The van der Waals surface area contributed by atoms with E-state index in [1.54, 1.807) is 18.2 Å². The molecular formula is C17H14FNOS. The number of hydrogen-bond donors (Lipinski definition) is 1. The minimum Gasteiger partial charge on any atom is -0.381 e. The van der Waals surface area contributed by atoms with E-state index < -0.39 is 6.10 Å². The Morgan fingerprint density at radius 3 is 2.43 bits per heavy atom. The molecule has 0 saturated heterocycles. The molecule has 1 aromatic heterocycles. The van der Waals surface area contributed by atoms with Gasteiger partial charge in [0, 0.05) is 5.56 Å². The normalized spacial score (nSPS) is 12.3. The minimum atomic E-state index is -0.782. The highest BCUT2D eigenvalue weighted by molar-refractivity contribution is 7.15. The van der Waals surface area contributed by atoms with Crippen LogP contribution in [0.4, 0.5) is 4.39 Å². The van der Waals surface area contributed by atoms with E-state index in [0.29, 0.717) is 10.6 Å². The van der Waals surface area contributed by atoms with Gasteiger partial charge in [0.15, 0.2) is 0 Å². The third kappa shape index (κ3) is 2.73. The van der Waals surface area contributed by atoms with Crippen LogP contribution in [0.25, 0.3) is 10.4 Å². The highest BCUT2D eigenvalue weighted by Crippen LogP contribution is 2.35. The van der Waals surface area contributed by atoms with Gasteiger partial charge in [0.25, 0.3) is 0 Å². The van der Waals surface area contributed by atoms with Crippen molar-refractivity contribution in [2.24, 2.45) is 0 Å². The van der Waals surface area contributed by atoms with Gasteiger partial charge in [-0.05, 0) is 18.6 Å². The van der Waals surface area contributed by atoms with Crippen LogP contribution in [0.1, 0.15) is 22.4 Å². The predicted octanol–water partition coefficient (Wildman–Crippen LogP) is 4.34. The summed E-state index contributed by atoms with van der Waals surface area (Å²) in [5.74, 6) is -0.273. The second-order valence-corrected chi connectivity index (χ2v) is 5.79. The van der Waals surface area contributed by atoms with Crippen LogP contribution in [0.3, 0.4) is 0 Å². The average Bonchev–Trinajstić information content (AvgIpc) is 2.90. The zero-order valence-electron chi connectivity index (χ0n) is 11.5. The molecule has 0 radical (unpaired) electrons. The standard InChI is InChI=1S/C17H14FNOS/c1-11-16(13-9-5-6-10-14(13)18)21-17(19-11)15(20)12-7-3-2-4-8-12/h2-10,15,20H,1H3. The number of rotatable bonds is 3. The van der Waals surface area contributed by atoms with Crippen LogP contribution in [0.15, 0.2) is 54.6 Å². The third-order valence-electron chi connectivity index (χ3n) is 3.28. The van der Waals surface area contributed by atoms with Crippen LogP contribution in [0, 0.1) is 12.7 Å². The van der Waals surface area contributed by atoms with Crippen LogP contribution >= 0.6 is 11.3 Å². The van der Waals surface area contributed by atoms with Gasteiger partial charge in [0.1, 0.15) is 16.9 Å². The summed E-state index contributed by atoms with van der Waals surface area (Å²) in [4.78, 5) is 5.17. The second-order valence-electron chi connectivity index (χ2n) is 4.76. The Bertz CT molecular complexity index is 754. The smallest absolute Gasteiger partial charge is 0.131 e. The number of hydrogen-bond acceptors (Lipinski definition) is 3. The van der Waals surface area contributed by atoms with Gasteiger partial charge in [-0.1, -0.05) is 48.5 Å². The summed E-state index contributed by atoms with van der Waals surface area (Å²) in [6, 6.07) is 16.0. The van der Waals surface area contributed by atoms with Gasteiger partial charge in [-0.2, -0.15) is 0 Å². The molecule has 0 fully saturated rings. The number of thiazole rings is 1. The summed E-state index contributed by atoms with van der Waals surface area (Å²) >= 11 is 1.33. The fourth-order valence-corrected chi connectivity index (χ4v) is 3.32. The van der Waals surface area contributed by atoms with Gasteiger partial charge in [-0.15, -0.1) is 11.3 Å². The summed E-state index contributed by atoms with van der Waals surface area (Å²) in [7, 11) is 0. The number of nitrogens with zero attached hydrogens (tertiary/aromatic N) is 1. The molecule has 0 saturated carbocycles. The lowest BCUT2D eigenvalue weighted by Gasteiger charge is -2.06. The molecule has 3 aromatic rings. The van der Waals surface area contributed by atoms with Crippen molar-refractivity contribution >= 4 is 11.3 Å². The first kappa shape index (κ1) is 13.9. The molecule has 4 heteroatoms. The van der Waals surface area contributed by atoms with Gasteiger partial charge in [-0.3, -0.25) is 0 Å². The molecule has 0 aliphatic rings. The van der Waals surface area contributed by atoms with Gasteiger partial charge in [0.05, 0.1) is 10.6 Å².